The third-order valence-electron chi connectivity index (χ3n) is 6.98. The molecule has 0 N–H and O–H groups in total. The van der Waals surface area contributed by atoms with Gasteiger partial charge >= 0.3 is 6.09 Å². The predicted octanol–water partition coefficient (Wildman–Crippen LogP) is 7.13. The number of hydrogen-bond donors (Lipinski definition) is 0. The van der Waals surface area contributed by atoms with Crippen LogP contribution in [0.2, 0.25) is 0 Å². The third kappa shape index (κ3) is 6.80. The van der Waals surface area contributed by atoms with Crippen LogP contribution in [0.3, 0.4) is 0 Å². The Morgan fingerprint density at radius 1 is 0.865 bits per heavy atom. The van der Waals surface area contributed by atoms with E-state index in [-0.39, 0.29) is 12.0 Å². The summed E-state index contributed by atoms with van der Waals surface area (Å²) in [5, 5.41) is 0. The molecule has 5 nitrogen and oxygen atoms in total. The summed E-state index contributed by atoms with van der Waals surface area (Å²) in [6.07, 6.45) is 6.16. The Morgan fingerprint density at radius 2 is 1.49 bits per heavy atom. The number of hydrogen-bond acceptors (Lipinski definition) is 4. The summed E-state index contributed by atoms with van der Waals surface area (Å²) in [7, 11) is 3.86. The third-order valence-corrected chi connectivity index (χ3v) is 6.98. The first-order valence-corrected chi connectivity index (χ1v) is 13.2. The summed E-state index contributed by atoms with van der Waals surface area (Å²) < 4.78 is 11.7. The van der Waals surface area contributed by atoms with Crippen LogP contribution in [-0.4, -0.2) is 51.4 Å². The summed E-state index contributed by atoms with van der Waals surface area (Å²) in [5.74, 6) is 0.865. The minimum atomic E-state index is -0.366. The molecule has 0 saturated carbocycles. The fourth-order valence-corrected chi connectivity index (χ4v) is 4.90. The van der Waals surface area contributed by atoms with Crippen molar-refractivity contribution in [2.24, 2.45) is 0 Å². The van der Waals surface area contributed by atoms with Crippen molar-refractivity contribution in [2.45, 2.75) is 31.6 Å². The molecule has 3 aromatic carbocycles. The van der Waals surface area contributed by atoms with Gasteiger partial charge in [-0.15, -0.1) is 6.58 Å². The molecule has 1 aliphatic rings. The molecule has 5 heteroatoms. The minimum Gasteiger partial charge on any atom is -0.494 e. The van der Waals surface area contributed by atoms with Crippen molar-refractivity contribution < 1.29 is 14.3 Å². The number of likely N-dealkylation sites (N-methyl/N-ethyl adjacent to an activating group) is 1. The second-order valence-electron chi connectivity index (χ2n) is 9.67. The van der Waals surface area contributed by atoms with Crippen molar-refractivity contribution in [3.05, 3.63) is 96.6 Å². The molecule has 0 fully saturated rings. The number of ether oxygens (including phenoxy) is 2. The second-order valence-corrected chi connectivity index (χ2v) is 9.67. The Kier molecular flexibility index (Phi) is 9.39. The lowest BCUT2D eigenvalue weighted by molar-refractivity contribution is 0.152. The number of amides is 1. The summed E-state index contributed by atoms with van der Waals surface area (Å²) in [6.45, 7) is 6.82. The molecule has 0 saturated heterocycles. The van der Waals surface area contributed by atoms with E-state index in [0.29, 0.717) is 13.2 Å². The Labute approximate surface area is 221 Å². The standard InChI is InChI=1S/C32H38N2O3/c1-4-21-33(2)22-11-5-6-12-23-36-26-19-17-25(18-20-26)34(3)32(35)37-24-31-29-15-9-7-13-27(29)28-14-8-10-16-30(28)31/h4,7-10,13-20,31H,1,5-6,11-12,21-24H2,2-3H3. The van der Waals surface area contributed by atoms with E-state index < -0.39 is 0 Å². The molecule has 4 rings (SSSR count). The zero-order valence-corrected chi connectivity index (χ0v) is 22.1. The molecule has 194 valence electrons. The number of benzene rings is 3. The molecule has 0 bridgehead atoms. The Hall–Kier alpha value is -3.57. The number of nitrogens with zero attached hydrogens (tertiary/aromatic N) is 2. The normalized spacial score (nSPS) is 12.2. The highest BCUT2D eigenvalue weighted by Crippen LogP contribution is 2.44. The lowest BCUT2D eigenvalue weighted by Crippen LogP contribution is -2.28. The number of fused-ring (bicyclic) bond motifs is 3. The van der Waals surface area contributed by atoms with E-state index in [0.717, 1.165) is 37.4 Å². The van der Waals surface area contributed by atoms with Gasteiger partial charge in [-0.2, -0.15) is 0 Å². The van der Waals surface area contributed by atoms with E-state index in [1.54, 1.807) is 11.9 Å². The molecule has 1 amide bonds. The largest absolute Gasteiger partial charge is 0.494 e. The highest BCUT2D eigenvalue weighted by Gasteiger charge is 2.29. The lowest BCUT2D eigenvalue weighted by Gasteiger charge is -2.20. The zero-order valence-electron chi connectivity index (χ0n) is 22.1. The van der Waals surface area contributed by atoms with Gasteiger partial charge in [-0.05, 0) is 73.0 Å². The zero-order chi connectivity index (χ0) is 26.0. The summed E-state index contributed by atoms with van der Waals surface area (Å²) in [6, 6.07) is 24.3. The maximum absolute atomic E-state index is 12.8. The summed E-state index contributed by atoms with van der Waals surface area (Å²) in [5.41, 5.74) is 5.63. The van der Waals surface area contributed by atoms with Crippen molar-refractivity contribution in [1.29, 1.82) is 0 Å². The van der Waals surface area contributed by atoms with Crippen LogP contribution in [0.25, 0.3) is 11.1 Å². The predicted molar refractivity (Wildman–Crippen MR) is 152 cm³/mol. The van der Waals surface area contributed by atoms with Gasteiger partial charge in [0.05, 0.1) is 6.61 Å². The van der Waals surface area contributed by atoms with Crippen LogP contribution < -0.4 is 9.64 Å². The van der Waals surface area contributed by atoms with Gasteiger partial charge in [-0.1, -0.05) is 67.4 Å². The monoisotopic (exact) mass is 498 g/mol. The molecule has 1 aliphatic carbocycles. The first-order chi connectivity index (χ1) is 18.1. The van der Waals surface area contributed by atoms with Gasteiger partial charge in [0.1, 0.15) is 12.4 Å². The number of unbranched alkanes of at least 4 members (excludes halogenated alkanes) is 3. The van der Waals surface area contributed by atoms with E-state index in [1.807, 2.05) is 42.5 Å². The van der Waals surface area contributed by atoms with Crippen molar-refractivity contribution in [1.82, 2.24) is 4.90 Å². The van der Waals surface area contributed by atoms with Crippen molar-refractivity contribution in [2.75, 3.05) is 45.3 Å². The molecular weight excluding hydrogens is 460 g/mol. The van der Waals surface area contributed by atoms with Gasteiger partial charge in [-0.3, -0.25) is 4.90 Å². The van der Waals surface area contributed by atoms with Gasteiger partial charge in [0.25, 0.3) is 0 Å². The minimum absolute atomic E-state index is 0.0496. The molecule has 0 aliphatic heterocycles. The fraction of sp³-hybridized carbons (Fsp3) is 0.344. The SMILES string of the molecule is C=CCN(C)CCCCCCOc1ccc(N(C)C(=O)OCC2c3ccccc3-c3ccccc32)cc1. The molecule has 0 unspecified atom stereocenters. The molecule has 37 heavy (non-hydrogen) atoms. The molecule has 0 spiro atoms. The smallest absolute Gasteiger partial charge is 0.414 e. The fourth-order valence-electron chi connectivity index (χ4n) is 4.90. The second kappa shape index (κ2) is 13.1. The number of carbonyl (C=O) groups excluding carboxylic acids is 1. The molecule has 0 atom stereocenters. The Balaban J connectivity index is 1.21. The maximum Gasteiger partial charge on any atom is 0.414 e. The van der Waals surface area contributed by atoms with Gasteiger partial charge in [0, 0.05) is 25.2 Å². The van der Waals surface area contributed by atoms with Crippen molar-refractivity contribution >= 4 is 11.8 Å². The van der Waals surface area contributed by atoms with Crippen molar-refractivity contribution in [3.8, 4) is 16.9 Å². The van der Waals surface area contributed by atoms with Gasteiger partial charge in [0.2, 0.25) is 0 Å². The van der Waals surface area contributed by atoms with E-state index in [2.05, 4.69) is 54.9 Å². The topological polar surface area (TPSA) is 42.0 Å². The average molecular weight is 499 g/mol. The van der Waals surface area contributed by atoms with Crippen LogP contribution in [0, 0.1) is 0 Å². The van der Waals surface area contributed by atoms with Crippen LogP contribution in [0.1, 0.15) is 42.7 Å². The van der Waals surface area contributed by atoms with Gasteiger partial charge in [0.15, 0.2) is 0 Å². The molecule has 0 heterocycles. The van der Waals surface area contributed by atoms with Gasteiger partial charge < -0.3 is 14.4 Å². The highest BCUT2D eigenvalue weighted by molar-refractivity contribution is 5.87. The highest BCUT2D eigenvalue weighted by atomic mass is 16.6. The molecule has 3 aromatic rings. The summed E-state index contributed by atoms with van der Waals surface area (Å²) >= 11 is 0. The van der Waals surface area contributed by atoms with Crippen LogP contribution in [0.4, 0.5) is 10.5 Å². The van der Waals surface area contributed by atoms with Crippen LogP contribution in [0.5, 0.6) is 5.75 Å². The quantitative estimate of drug-likeness (QED) is 0.186. The van der Waals surface area contributed by atoms with E-state index in [1.165, 1.54) is 35.1 Å². The maximum atomic E-state index is 12.8. The first-order valence-electron chi connectivity index (χ1n) is 13.2. The number of rotatable bonds is 13. The lowest BCUT2D eigenvalue weighted by atomic mass is 9.98. The van der Waals surface area contributed by atoms with E-state index in [9.17, 15) is 4.79 Å². The first kappa shape index (κ1) is 26.5. The van der Waals surface area contributed by atoms with Crippen LogP contribution in [-0.2, 0) is 4.74 Å². The van der Waals surface area contributed by atoms with Crippen molar-refractivity contribution in [3.63, 3.8) is 0 Å². The average Bonchev–Trinajstić information content (AvgIpc) is 3.25. The van der Waals surface area contributed by atoms with E-state index in [4.69, 9.17) is 9.47 Å². The summed E-state index contributed by atoms with van der Waals surface area (Å²) in [4.78, 5) is 16.7. The van der Waals surface area contributed by atoms with Gasteiger partial charge in [-0.25, -0.2) is 4.79 Å². The molecule has 0 radical (unpaired) electrons. The Morgan fingerprint density at radius 3 is 2.14 bits per heavy atom. The number of carbonyl (C=O) groups is 1. The van der Waals surface area contributed by atoms with E-state index >= 15 is 0 Å². The molecular formula is C32H38N2O3. The van der Waals surface area contributed by atoms with Crippen LogP contribution in [0.15, 0.2) is 85.5 Å². The van der Waals surface area contributed by atoms with Crippen LogP contribution >= 0.6 is 0 Å². The molecule has 0 aromatic heterocycles. The number of anilines is 1. The Bertz CT molecular complexity index is 1130.